The predicted octanol–water partition coefficient (Wildman–Crippen LogP) is 4.18. The van der Waals surface area contributed by atoms with Crippen molar-refractivity contribution < 1.29 is 34.7 Å². The van der Waals surface area contributed by atoms with E-state index in [1.807, 2.05) is 13.7 Å². The van der Waals surface area contributed by atoms with Gasteiger partial charge in [-0.05, 0) is 37.1 Å². The van der Waals surface area contributed by atoms with Crippen LogP contribution in [0.3, 0.4) is 0 Å². The average molecular weight is 434 g/mol. The van der Waals surface area contributed by atoms with E-state index in [1.165, 1.54) is 0 Å². The van der Waals surface area contributed by atoms with E-state index in [0.29, 0.717) is 5.82 Å². The summed E-state index contributed by atoms with van der Waals surface area (Å²) in [7, 11) is 0. The lowest BCUT2D eigenvalue weighted by molar-refractivity contribution is -0.154. The van der Waals surface area contributed by atoms with Gasteiger partial charge < -0.3 is 20.2 Å². The summed E-state index contributed by atoms with van der Waals surface area (Å²) in [5.41, 5.74) is 0.641. The number of nitrogens with zero attached hydrogens (tertiary/aromatic N) is 2. The van der Waals surface area contributed by atoms with Crippen LogP contribution < -0.4 is 15.4 Å². The molecule has 1 atom stereocenters. The van der Waals surface area contributed by atoms with Crippen molar-refractivity contribution in [1.29, 1.82) is 0 Å². The molecule has 11 heteroatoms. The molecule has 0 bridgehead atoms. The fraction of sp³-hybridized carbons (Fsp3) is 0.368. The standard InChI is InChI=1S/C18H20F4N4O2.CH2O.2H2/c1-3-5-23-15-8-12(4-6-24-15)11(2)26-16(27)13-7-14(19)17(25-9-13)28-10-18(20,21)22;1-2;;/h4,6-9,11H,3,5,10H2,1-2H3,(H,23,24)(H,26,27);1H2;2*1H. The monoisotopic (exact) mass is 434 g/mol. The van der Waals surface area contributed by atoms with Crippen LogP contribution in [0, 0.1) is 5.82 Å². The molecule has 168 valence electrons. The summed E-state index contributed by atoms with van der Waals surface area (Å²) < 4.78 is 54.5. The topological polar surface area (TPSA) is 93.2 Å². The number of nitrogens with one attached hydrogen (secondary N) is 2. The zero-order chi connectivity index (χ0) is 22.7. The molecule has 1 amide bonds. The van der Waals surface area contributed by atoms with Crippen molar-refractivity contribution in [3.05, 3.63) is 47.5 Å². The molecule has 2 rings (SSSR count). The van der Waals surface area contributed by atoms with Crippen LogP contribution >= 0.6 is 0 Å². The number of hydrogen-bond acceptors (Lipinski definition) is 6. The smallest absolute Gasteiger partial charge is 0.422 e. The van der Waals surface area contributed by atoms with Crippen LogP contribution in [-0.4, -0.2) is 42.0 Å². The zero-order valence-electron chi connectivity index (χ0n) is 16.4. The minimum absolute atomic E-state index is 0. The highest BCUT2D eigenvalue weighted by Gasteiger charge is 2.29. The Labute approximate surface area is 173 Å². The summed E-state index contributed by atoms with van der Waals surface area (Å²) in [6.45, 7) is 4.84. The molecule has 2 aromatic rings. The summed E-state index contributed by atoms with van der Waals surface area (Å²) in [5, 5.41) is 5.81. The maximum Gasteiger partial charge on any atom is 0.422 e. The largest absolute Gasteiger partial charge is 0.466 e. The van der Waals surface area contributed by atoms with Gasteiger partial charge in [-0.15, -0.1) is 0 Å². The summed E-state index contributed by atoms with van der Waals surface area (Å²) in [6, 6.07) is 3.88. The third-order valence-electron chi connectivity index (χ3n) is 3.63. The predicted molar refractivity (Wildman–Crippen MR) is 106 cm³/mol. The quantitative estimate of drug-likeness (QED) is 0.606. The van der Waals surface area contributed by atoms with E-state index < -0.39 is 36.4 Å². The van der Waals surface area contributed by atoms with Gasteiger partial charge in [0.2, 0.25) is 0 Å². The molecule has 2 aromatic heterocycles. The van der Waals surface area contributed by atoms with Gasteiger partial charge in [-0.3, -0.25) is 4.79 Å². The second-order valence-corrected chi connectivity index (χ2v) is 6.01. The van der Waals surface area contributed by atoms with Gasteiger partial charge in [0.05, 0.1) is 11.6 Å². The zero-order valence-corrected chi connectivity index (χ0v) is 16.4. The van der Waals surface area contributed by atoms with E-state index in [2.05, 4.69) is 25.3 Å². The van der Waals surface area contributed by atoms with Crippen LogP contribution in [0.1, 0.15) is 45.1 Å². The lowest BCUT2D eigenvalue weighted by Crippen LogP contribution is -2.27. The molecule has 0 spiro atoms. The molecule has 0 saturated heterocycles. The van der Waals surface area contributed by atoms with Gasteiger partial charge in [-0.1, -0.05) is 6.92 Å². The highest BCUT2D eigenvalue weighted by atomic mass is 19.4. The second-order valence-electron chi connectivity index (χ2n) is 6.01. The number of halogens is 4. The summed E-state index contributed by atoms with van der Waals surface area (Å²) in [4.78, 5) is 27.9. The number of rotatable bonds is 8. The molecule has 0 radical (unpaired) electrons. The van der Waals surface area contributed by atoms with Crippen molar-refractivity contribution >= 4 is 18.5 Å². The van der Waals surface area contributed by atoms with Crippen molar-refractivity contribution in [1.82, 2.24) is 15.3 Å². The van der Waals surface area contributed by atoms with Crippen molar-refractivity contribution in [2.24, 2.45) is 0 Å². The van der Waals surface area contributed by atoms with Crippen LogP contribution in [0.2, 0.25) is 0 Å². The molecular weight excluding hydrogens is 408 g/mol. The molecule has 0 fully saturated rings. The van der Waals surface area contributed by atoms with Gasteiger partial charge in [-0.25, -0.2) is 14.4 Å². The number of pyridine rings is 2. The van der Waals surface area contributed by atoms with Crippen molar-refractivity contribution in [3.8, 4) is 5.88 Å². The average Bonchev–Trinajstić information content (AvgIpc) is 2.72. The third kappa shape index (κ3) is 8.02. The van der Waals surface area contributed by atoms with E-state index in [4.69, 9.17) is 4.79 Å². The van der Waals surface area contributed by atoms with E-state index in [9.17, 15) is 22.4 Å². The van der Waals surface area contributed by atoms with Crippen molar-refractivity contribution in [2.75, 3.05) is 18.5 Å². The van der Waals surface area contributed by atoms with E-state index in [0.717, 1.165) is 30.8 Å². The number of alkyl halides is 3. The first-order valence-electron chi connectivity index (χ1n) is 8.84. The number of anilines is 1. The number of carbonyl (C=O) groups excluding carboxylic acids is 2. The highest BCUT2D eigenvalue weighted by molar-refractivity contribution is 5.94. The first-order valence-corrected chi connectivity index (χ1v) is 8.84. The Morgan fingerprint density at radius 1 is 1.30 bits per heavy atom. The van der Waals surface area contributed by atoms with Gasteiger partial charge >= 0.3 is 6.18 Å². The molecule has 7 nitrogen and oxygen atoms in total. The number of aromatic nitrogens is 2. The molecular formula is C19H26F4N4O3. The van der Waals surface area contributed by atoms with E-state index in [-0.39, 0.29) is 8.42 Å². The molecule has 30 heavy (non-hydrogen) atoms. The molecule has 0 saturated carbocycles. The van der Waals surface area contributed by atoms with Crippen LogP contribution in [0.4, 0.5) is 23.4 Å². The van der Waals surface area contributed by atoms with Gasteiger partial charge in [0.25, 0.3) is 11.8 Å². The normalized spacial score (nSPS) is 11.7. The molecule has 0 aliphatic heterocycles. The molecule has 0 aliphatic rings. The van der Waals surface area contributed by atoms with Crippen LogP contribution in [0.5, 0.6) is 5.88 Å². The second kappa shape index (κ2) is 11.7. The lowest BCUT2D eigenvalue weighted by atomic mass is 10.1. The van der Waals surface area contributed by atoms with Crippen LogP contribution in [0.25, 0.3) is 0 Å². The summed E-state index contributed by atoms with van der Waals surface area (Å²) in [5.74, 6) is -1.93. The lowest BCUT2D eigenvalue weighted by Gasteiger charge is -2.16. The van der Waals surface area contributed by atoms with E-state index in [1.54, 1.807) is 25.3 Å². The van der Waals surface area contributed by atoms with Crippen LogP contribution in [-0.2, 0) is 4.79 Å². The maximum absolute atomic E-state index is 13.9. The molecule has 2 heterocycles. The Morgan fingerprint density at radius 3 is 2.60 bits per heavy atom. The number of hydrogen-bond donors (Lipinski definition) is 2. The fourth-order valence-corrected chi connectivity index (χ4v) is 2.24. The minimum Gasteiger partial charge on any atom is -0.466 e. The highest BCUT2D eigenvalue weighted by Crippen LogP contribution is 2.21. The number of carbonyl (C=O) groups is 2. The third-order valence-corrected chi connectivity index (χ3v) is 3.63. The van der Waals surface area contributed by atoms with E-state index >= 15 is 0 Å². The first-order chi connectivity index (χ1) is 14.2. The van der Waals surface area contributed by atoms with Gasteiger partial charge in [-0.2, -0.15) is 13.2 Å². The maximum atomic E-state index is 13.9. The number of amides is 1. The first kappa shape index (κ1) is 24.8. The van der Waals surface area contributed by atoms with Crippen LogP contribution in [0.15, 0.2) is 30.6 Å². The van der Waals surface area contributed by atoms with Crippen molar-refractivity contribution in [2.45, 2.75) is 32.5 Å². The van der Waals surface area contributed by atoms with Gasteiger partial charge in [0.15, 0.2) is 12.4 Å². The molecule has 0 aliphatic carbocycles. The van der Waals surface area contributed by atoms with Gasteiger partial charge in [0, 0.05) is 21.8 Å². The Bertz CT molecular complexity index is 844. The SMILES string of the molecule is C=O.CCCNc1cc(C(C)NC(=O)c2cnc(OCC(F)(F)F)c(F)c2)ccn1.[HH].[HH]. The Morgan fingerprint density at radius 2 is 2.00 bits per heavy atom. The summed E-state index contributed by atoms with van der Waals surface area (Å²) in [6.07, 6.45) is -1.13. The summed E-state index contributed by atoms with van der Waals surface area (Å²) >= 11 is 0. The Kier molecular flexibility index (Phi) is 9.66. The Hall–Kier alpha value is -3.24. The number of ether oxygens (including phenoxy) is 1. The van der Waals surface area contributed by atoms with Gasteiger partial charge in [0.1, 0.15) is 12.6 Å². The molecule has 0 aromatic carbocycles. The molecule has 2 N–H and O–H groups in total. The minimum atomic E-state index is -4.62. The molecule has 1 unspecified atom stereocenters. The Balaban J connectivity index is 0. The fourth-order valence-electron chi connectivity index (χ4n) is 2.24. The van der Waals surface area contributed by atoms with Crippen molar-refractivity contribution in [3.63, 3.8) is 0 Å².